The normalized spacial score (nSPS) is 10.6. The topological polar surface area (TPSA) is 95.5 Å². The molecular weight excluding hydrogens is 564 g/mol. The third-order valence-electron chi connectivity index (χ3n) is 5.53. The molecule has 198 valence electrons. The first-order valence-electron chi connectivity index (χ1n) is 11.8. The van der Waals surface area contributed by atoms with Crippen molar-refractivity contribution in [2.24, 2.45) is 5.10 Å². The van der Waals surface area contributed by atoms with Crippen LogP contribution in [0.15, 0.2) is 101 Å². The summed E-state index contributed by atoms with van der Waals surface area (Å²) >= 11 is 3.40. The number of halogens is 1. The van der Waals surface area contributed by atoms with E-state index in [0.717, 1.165) is 10.0 Å². The Morgan fingerprint density at radius 1 is 0.821 bits per heavy atom. The highest BCUT2D eigenvalue weighted by molar-refractivity contribution is 9.10. The first-order chi connectivity index (χ1) is 19.0. The van der Waals surface area contributed by atoms with Crippen molar-refractivity contribution in [3.05, 3.63) is 118 Å². The molecule has 0 aliphatic heterocycles. The Morgan fingerprint density at radius 3 is 2.23 bits per heavy atom. The summed E-state index contributed by atoms with van der Waals surface area (Å²) in [6.07, 6.45) is 1.40. The third-order valence-corrected chi connectivity index (χ3v) is 6.02. The summed E-state index contributed by atoms with van der Waals surface area (Å²) in [5.41, 5.74) is 4.70. The Kier molecular flexibility index (Phi) is 9.31. The molecular formula is C30H25BrN2O6. The quantitative estimate of drug-likeness (QED) is 0.105. The third kappa shape index (κ3) is 7.45. The molecule has 0 radical (unpaired) electrons. The second kappa shape index (κ2) is 13.3. The summed E-state index contributed by atoms with van der Waals surface area (Å²) in [4.78, 5) is 25.4. The van der Waals surface area contributed by atoms with Crippen molar-refractivity contribution < 1.29 is 28.5 Å². The van der Waals surface area contributed by atoms with Gasteiger partial charge in [0, 0.05) is 15.6 Å². The second-order valence-corrected chi connectivity index (χ2v) is 9.05. The summed E-state index contributed by atoms with van der Waals surface area (Å²) < 4.78 is 22.6. The van der Waals surface area contributed by atoms with Crippen molar-refractivity contribution in [2.45, 2.75) is 6.61 Å². The van der Waals surface area contributed by atoms with E-state index >= 15 is 0 Å². The average molecular weight is 589 g/mol. The number of carbonyl (C=O) groups excluding carboxylic acids is 2. The van der Waals surface area contributed by atoms with Gasteiger partial charge in [0.2, 0.25) is 0 Å². The molecule has 0 aromatic heterocycles. The molecule has 1 N–H and O–H groups in total. The molecule has 0 atom stereocenters. The fourth-order valence-electron chi connectivity index (χ4n) is 3.50. The van der Waals surface area contributed by atoms with Crippen LogP contribution in [0.2, 0.25) is 0 Å². The van der Waals surface area contributed by atoms with Crippen LogP contribution in [0.4, 0.5) is 0 Å². The number of methoxy groups -OCH3 is 2. The van der Waals surface area contributed by atoms with Gasteiger partial charge in [-0.2, -0.15) is 5.10 Å². The van der Waals surface area contributed by atoms with Crippen LogP contribution in [0.5, 0.6) is 23.0 Å². The Labute approximate surface area is 234 Å². The number of rotatable bonds is 10. The lowest BCUT2D eigenvalue weighted by Crippen LogP contribution is -2.17. The van der Waals surface area contributed by atoms with E-state index in [1.54, 1.807) is 54.6 Å². The molecule has 1 amide bonds. The molecule has 8 nitrogen and oxygen atoms in total. The van der Waals surface area contributed by atoms with Gasteiger partial charge in [0.05, 0.1) is 26.0 Å². The van der Waals surface area contributed by atoms with Crippen LogP contribution in [0.25, 0.3) is 0 Å². The van der Waals surface area contributed by atoms with Gasteiger partial charge in [-0.3, -0.25) is 4.79 Å². The molecule has 0 heterocycles. The van der Waals surface area contributed by atoms with E-state index in [2.05, 4.69) is 26.5 Å². The predicted molar refractivity (Wildman–Crippen MR) is 151 cm³/mol. The number of nitrogens with one attached hydrogen (secondary N) is 1. The number of amides is 1. The van der Waals surface area contributed by atoms with E-state index < -0.39 is 11.9 Å². The summed E-state index contributed by atoms with van der Waals surface area (Å²) in [5, 5.41) is 4.04. The molecule has 0 spiro atoms. The van der Waals surface area contributed by atoms with Crippen molar-refractivity contribution >= 4 is 34.0 Å². The van der Waals surface area contributed by atoms with Gasteiger partial charge in [0.15, 0.2) is 11.5 Å². The largest absolute Gasteiger partial charge is 0.493 e. The zero-order valence-corrected chi connectivity index (χ0v) is 22.8. The minimum Gasteiger partial charge on any atom is -0.493 e. The fourth-order valence-corrected chi connectivity index (χ4v) is 3.88. The zero-order chi connectivity index (χ0) is 27.6. The molecule has 0 saturated heterocycles. The molecule has 4 aromatic rings. The van der Waals surface area contributed by atoms with Crippen molar-refractivity contribution in [2.75, 3.05) is 14.2 Å². The minimum atomic E-state index is -0.591. The maximum Gasteiger partial charge on any atom is 0.343 e. The van der Waals surface area contributed by atoms with Crippen LogP contribution >= 0.6 is 15.9 Å². The number of nitrogens with zero attached hydrogens (tertiary/aromatic N) is 1. The summed E-state index contributed by atoms with van der Waals surface area (Å²) in [6, 6.07) is 26.4. The van der Waals surface area contributed by atoms with Crippen LogP contribution in [0.1, 0.15) is 31.8 Å². The molecule has 0 saturated carbocycles. The van der Waals surface area contributed by atoms with Crippen LogP contribution in [-0.2, 0) is 6.61 Å². The predicted octanol–water partition coefficient (Wildman–Crippen LogP) is 6.03. The minimum absolute atomic E-state index is 0.260. The zero-order valence-electron chi connectivity index (χ0n) is 21.2. The lowest BCUT2D eigenvalue weighted by Gasteiger charge is -2.11. The van der Waals surface area contributed by atoms with Gasteiger partial charge in [-0.25, -0.2) is 10.2 Å². The number of ether oxygens (including phenoxy) is 4. The maximum absolute atomic E-state index is 12.8. The standard InChI is InChI=1S/C30H25BrN2O6/c1-36-27-14-10-22(17-28(27)37-2)30(35)39-26-15-11-24(31)16-23(26)18-32-33-29(34)21-8-12-25(13-9-21)38-19-20-6-4-3-5-7-20/h3-18H,19H2,1-2H3,(H,33,34)/b32-18+. The maximum atomic E-state index is 12.8. The van der Waals surface area contributed by atoms with E-state index in [9.17, 15) is 9.59 Å². The van der Waals surface area contributed by atoms with Gasteiger partial charge in [-0.1, -0.05) is 46.3 Å². The van der Waals surface area contributed by atoms with Gasteiger partial charge in [0.25, 0.3) is 5.91 Å². The van der Waals surface area contributed by atoms with Crippen molar-refractivity contribution in [3.63, 3.8) is 0 Å². The smallest absolute Gasteiger partial charge is 0.343 e. The van der Waals surface area contributed by atoms with E-state index in [1.807, 2.05) is 30.3 Å². The molecule has 9 heteroatoms. The molecule has 39 heavy (non-hydrogen) atoms. The monoisotopic (exact) mass is 588 g/mol. The lowest BCUT2D eigenvalue weighted by molar-refractivity contribution is 0.0733. The number of benzene rings is 4. The van der Waals surface area contributed by atoms with E-state index in [-0.39, 0.29) is 11.3 Å². The van der Waals surface area contributed by atoms with Gasteiger partial charge in [-0.15, -0.1) is 0 Å². The van der Waals surface area contributed by atoms with Crippen LogP contribution in [0, 0.1) is 0 Å². The van der Waals surface area contributed by atoms with Crippen molar-refractivity contribution in [1.82, 2.24) is 5.43 Å². The average Bonchev–Trinajstić information content (AvgIpc) is 2.97. The van der Waals surface area contributed by atoms with Crippen LogP contribution in [0.3, 0.4) is 0 Å². The van der Waals surface area contributed by atoms with Crippen LogP contribution < -0.4 is 24.4 Å². The number of hydrogen-bond donors (Lipinski definition) is 1. The van der Waals surface area contributed by atoms with Gasteiger partial charge < -0.3 is 18.9 Å². The fraction of sp³-hybridized carbons (Fsp3) is 0.100. The SMILES string of the molecule is COc1ccc(C(=O)Oc2ccc(Br)cc2/C=N/NC(=O)c2ccc(OCc3ccccc3)cc2)cc1OC. The van der Waals surface area contributed by atoms with Gasteiger partial charge in [-0.05, 0) is 66.2 Å². The Bertz CT molecular complexity index is 1470. The molecule has 4 aromatic carbocycles. The van der Waals surface area contributed by atoms with E-state index in [1.165, 1.54) is 26.5 Å². The number of carbonyl (C=O) groups is 2. The number of esters is 1. The Balaban J connectivity index is 1.39. The van der Waals surface area contributed by atoms with Crippen LogP contribution in [-0.4, -0.2) is 32.3 Å². The second-order valence-electron chi connectivity index (χ2n) is 8.14. The Hall–Kier alpha value is -4.63. The van der Waals surface area contributed by atoms with Crippen molar-refractivity contribution in [3.8, 4) is 23.0 Å². The first kappa shape index (κ1) is 27.4. The highest BCUT2D eigenvalue weighted by Crippen LogP contribution is 2.29. The molecule has 0 unspecified atom stereocenters. The molecule has 0 fully saturated rings. The van der Waals surface area contributed by atoms with Gasteiger partial charge >= 0.3 is 5.97 Å². The van der Waals surface area contributed by atoms with E-state index in [4.69, 9.17) is 18.9 Å². The molecule has 0 aliphatic rings. The van der Waals surface area contributed by atoms with Crippen molar-refractivity contribution in [1.29, 1.82) is 0 Å². The Morgan fingerprint density at radius 2 is 1.51 bits per heavy atom. The highest BCUT2D eigenvalue weighted by atomic mass is 79.9. The first-order valence-corrected chi connectivity index (χ1v) is 12.6. The van der Waals surface area contributed by atoms with Gasteiger partial charge in [0.1, 0.15) is 18.1 Å². The number of hydrogen-bond acceptors (Lipinski definition) is 7. The summed E-state index contributed by atoms with van der Waals surface area (Å²) in [5.74, 6) is 0.815. The highest BCUT2D eigenvalue weighted by Gasteiger charge is 2.15. The molecule has 0 aliphatic carbocycles. The lowest BCUT2D eigenvalue weighted by atomic mass is 10.2. The molecule has 4 rings (SSSR count). The summed E-state index contributed by atoms with van der Waals surface area (Å²) in [6.45, 7) is 0.433. The summed E-state index contributed by atoms with van der Waals surface area (Å²) in [7, 11) is 3.00. The van der Waals surface area contributed by atoms with E-state index in [0.29, 0.717) is 35.0 Å². The number of hydrazone groups is 1. The molecule has 0 bridgehead atoms.